The van der Waals surface area contributed by atoms with E-state index in [1.165, 1.54) is 0 Å². The van der Waals surface area contributed by atoms with Crippen molar-refractivity contribution >= 4 is 5.95 Å². The predicted octanol–water partition coefficient (Wildman–Crippen LogP) is 0.713. The highest BCUT2D eigenvalue weighted by atomic mass is 15.3. The van der Waals surface area contributed by atoms with Gasteiger partial charge in [-0.05, 0) is 25.3 Å². The SMILES string of the molecule is Cc1cnc(N2CCC[C@@H](N)C2)nc1. The van der Waals surface area contributed by atoms with Gasteiger partial charge in [0.1, 0.15) is 0 Å². The Balaban J connectivity index is 2.10. The molecule has 0 amide bonds. The van der Waals surface area contributed by atoms with E-state index in [1.807, 2.05) is 19.3 Å². The lowest BCUT2D eigenvalue weighted by molar-refractivity contribution is 0.499. The minimum Gasteiger partial charge on any atom is -0.339 e. The van der Waals surface area contributed by atoms with Gasteiger partial charge in [-0.15, -0.1) is 0 Å². The van der Waals surface area contributed by atoms with Crippen LogP contribution in [0.1, 0.15) is 18.4 Å². The molecule has 0 spiro atoms. The first-order valence-corrected chi connectivity index (χ1v) is 5.05. The third kappa shape index (κ3) is 2.01. The minimum atomic E-state index is 0.272. The summed E-state index contributed by atoms with van der Waals surface area (Å²) in [6.45, 7) is 3.89. The molecule has 0 radical (unpaired) electrons. The number of nitrogens with zero attached hydrogens (tertiary/aromatic N) is 3. The summed E-state index contributed by atoms with van der Waals surface area (Å²) in [4.78, 5) is 10.8. The van der Waals surface area contributed by atoms with E-state index in [9.17, 15) is 0 Å². The predicted molar refractivity (Wildman–Crippen MR) is 56.2 cm³/mol. The summed E-state index contributed by atoms with van der Waals surface area (Å²) >= 11 is 0. The molecule has 2 heterocycles. The zero-order valence-electron chi connectivity index (χ0n) is 8.48. The van der Waals surface area contributed by atoms with Crippen LogP contribution in [0.15, 0.2) is 12.4 Å². The van der Waals surface area contributed by atoms with Gasteiger partial charge < -0.3 is 10.6 Å². The number of nitrogens with two attached hydrogens (primary N) is 1. The molecular weight excluding hydrogens is 176 g/mol. The van der Waals surface area contributed by atoms with Crippen molar-refractivity contribution in [2.45, 2.75) is 25.8 Å². The normalized spacial score (nSPS) is 22.4. The van der Waals surface area contributed by atoms with Crippen molar-refractivity contribution in [1.82, 2.24) is 9.97 Å². The molecule has 0 aliphatic carbocycles. The zero-order chi connectivity index (χ0) is 9.97. The van der Waals surface area contributed by atoms with E-state index >= 15 is 0 Å². The molecule has 2 N–H and O–H groups in total. The highest BCUT2D eigenvalue weighted by Gasteiger charge is 2.18. The van der Waals surface area contributed by atoms with Crippen molar-refractivity contribution < 1.29 is 0 Å². The lowest BCUT2D eigenvalue weighted by atomic mass is 10.1. The van der Waals surface area contributed by atoms with Crippen LogP contribution >= 0.6 is 0 Å². The first kappa shape index (κ1) is 9.40. The summed E-state index contributed by atoms with van der Waals surface area (Å²) in [6.07, 6.45) is 5.95. The van der Waals surface area contributed by atoms with Gasteiger partial charge in [0.05, 0.1) is 0 Å². The van der Waals surface area contributed by atoms with Crippen LogP contribution in [0.2, 0.25) is 0 Å². The van der Waals surface area contributed by atoms with Gasteiger partial charge in [0.2, 0.25) is 5.95 Å². The second kappa shape index (κ2) is 3.92. The van der Waals surface area contributed by atoms with Gasteiger partial charge in [-0.25, -0.2) is 9.97 Å². The van der Waals surface area contributed by atoms with E-state index in [4.69, 9.17) is 5.73 Å². The third-order valence-corrected chi connectivity index (χ3v) is 2.51. The standard InChI is InChI=1S/C10H16N4/c1-8-5-12-10(13-6-8)14-4-2-3-9(11)7-14/h5-6,9H,2-4,7,11H2,1H3/t9-/m1/s1. The van der Waals surface area contributed by atoms with Crippen molar-refractivity contribution in [2.24, 2.45) is 5.73 Å². The van der Waals surface area contributed by atoms with Gasteiger partial charge in [-0.2, -0.15) is 0 Å². The highest BCUT2D eigenvalue weighted by molar-refractivity contribution is 5.30. The van der Waals surface area contributed by atoms with Gasteiger partial charge in [0, 0.05) is 31.5 Å². The van der Waals surface area contributed by atoms with Crippen LogP contribution in [-0.4, -0.2) is 29.1 Å². The first-order chi connectivity index (χ1) is 6.75. The average Bonchev–Trinajstić information content (AvgIpc) is 2.19. The second-order valence-corrected chi connectivity index (χ2v) is 3.91. The van der Waals surface area contributed by atoms with Crippen molar-refractivity contribution in [3.63, 3.8) is 0 Å². The lowest BCUT2D eigenvalue weighted by Crippen LogP contribution is -2.43. The summed E-state index contributed by atoms with van der Waals surface area (Å²) in [5.41, 5.74) is 6.99. The Bertz CT molecular complexity index is 295. The molecule has 4 nitrogen and oxygen atoms in total. The molecule has 0 saturated carbocycles. The Morgan fingerprint density at radius 1 is 1.43 bits per heavy atom. The summed E-state index contributed by atoms with van der Waals surface area (Å²) in [5.74, 6) is 0.811. The van der Waals surface area contributed by atoms with Gasteiger partial charge in [0.25, 0.3) is 0 Å². The van der Waals surface area contributed by atoms with Crippen molar-refractivity contribution in [2.75, 3.05) is 18.0 Å². The largest absolute Gasteiger partial charge is 0.339 e. The molecule has 4 heteroatoms. The second-order valence-electron chi connectivity index (χ2n) is 3.91. The van der Waals surface area contributed by atoms with Crippen LogP contribution in [0.25, 0.3) is 0 Å². The van der Waals surface area contributed by atoms with Crippen molar-refractivity contribution in [3.05, 3.63) is 18.0 Å². The monoisotopic (exact) mass is 192 g/mol. The van der Waals surface area contributed by atoms with E-state index in [1.54, 1.807) is 0 Å². The molecule has 14 heavy (non-hydrogen) atoms. The third-order valence-electron chi connectivity index (χ3n) is 2.51. The van der Waals surface area contributed by atoms with Crippen LogP contribution in [0, 0.1) is 6.92 Å². The number of hydrogen-bond donors (Lipinski definition) is 1. The number of aryl methyl sites for hydroxylation is 1. The van der Waals surface area contributed by atoms with Crippen LogP contribution in [0.4, 0.5) is 5.95 Å². The molecular formula is C10H16N4. The van der Waals surface area contributed by atoms with Gasteiger partial charge >= 0.3 is 0 Å². The van der Waals surface area contributed by atoms with Crippen LogP contribution in [-0.2, 0) is 0 Å². The maximum atomic E-state index is 5.90. The molecule has 1 aliphatic rings. The molecule has 1 saturated heterocycles. The fraction of sp³-hybridized carbons (Fsp3) is 0.600. The summed E-state index contributed by atoms with van der Waals surface area (Å²) in [5, 5.41) is 0. The smallest absolute Gasteiger partial charge is 0.225 e. The fourth-order valence-electron chi connectivity index (χ4n) is 1.74. The Labute approximate surface area is 84.2 Å². The fourth-order valence-corrected chi connectivity index (χ4v) is 1.74. The van der Waals surface area contributed by atoms with Gasteiger partial charge in [-0.1, -0.05) is 0 Å². The highest BCUT2D eigenvalue weighted by Crippen LogP contribution is 2.14. The molecule has 0 aromatic carbocycles. The molecule has 1 aromatic rings. The molecule has 0 unspecified atom stereocenters. The molecule has 1 aliphatic heterocycles. The summed E-state index contributed by atoms with van der Waals surface area (Å²) < 4.78 is 0. The minimum absolute atomic E-state index is 0.272. The summed E-state index contributed by atoms with van der Waals surface area (Å²) in [7, 11) is 0. The van der Waals surface area contributed by atoms with Crippen molar-refractivity contribution in [1.29, 1.82) is 0 Å². The first-order valence-electron chi connectivity index (χ1n) is 5.05. The Morgan fingerprint density at radius 2 is 2.14 bits per heavy atom. The van der Waals surface area contributed by atoms with E-state index < -0.39 is 0 Å². The number of piperidine rings is 1. The van der Waals surface area contributed by atoms with Crippen LogP contribution in [0.5, 0.6) is 0 Å². The molecule has 2 rings (SSSR count). The van der Waals surface area contributed by atoms with E-state index in [-0.39, 0.29) is 6.04 Å². The topological polar surface area (TPSA) is 55.0 Å². The molecule has 76 valence electrons. The zero-order valence-corrected chi connectivity index (χ0v) is 8.48. The van der Waals surface area contributed by atoms with E-state index in [0.717, 1.165) is 37.4 Å². The Hall–Kier alpha value is -1.16. The Kier molecular flexibility index (Phi) is 2.63. The molecule has 1 fully saturated rings. The van der Waals surface area contributed by atoms with E-state index in [2.05, 4.69) is 14.9 Å². The Morgan fingerprint density at radius 3 is 2.79 bits per heavy atom. The number of rotatable bonds is 1. The maximum absolute atomic E-state index is 5.90. The lowest BCUT2D eigenvalue weighted by Gasteiger charge is -2.30. The van der Waals surface area contributed by atoms with Gasteiger partial charge in [0.15, 0.2) is 0 Å². The quantitative estimate of drug-likeness (QED) is 0.712. The van der Waals surface area contributed by atoms with Gasteiger partial charge in [-0.3, -0.25) is 0 Å². The molecule has 1 atom stereocenters. The van der Waals surface area contributed by atoms with E-state index in [0.29, 0.717) is 0 Å². The molecule has 0 bridgehead atoms. The maximum Gasteiger partial charge on any atom is 0.225 e. The van der Waals surface area contributed by atoms with Crippen molar-refractivity contribution in [3.8, 4) is 0 Å². The number of hydrogen-bond acceptors (Lipinski definition) is 4. The summed E-state index contributed by atoms with van der Waals surface area (Å²) in [6, 6.07) is 0.272. The number of aromatic nitrogens is 2. The van der Waals surface area contributed by atoms with Crippen LogP contribution < -0.4 is 10.6 Å². The number of anilines is 1. The molecule has 1 aromatic heterocycles. The van der Waals surface area contributed by atoms with Crippen LogP contribution in [0.3, 0.4) is 0 Å². The average molecular weight is 192 g/mol.